The summed E-state index contributed by atoms with van der Waals surface area (Å²) in [7, 11) is 0. The van der Waals surface area contributed by atoms with Gasteiger partial charge < -0.3 is 9.88 Å². The predicted molar refractivity (Wildman–Crippen MR) is 94.2 cm³/mol. The number of aromatic nitrogens is 3. The molecule has 0 amide bonds. The van der Waals surface area contributed by atoms with E-state index in [1.54, 1.807) is 17.3 Å². The number of halogens is 3. The Morgan fingerprint density at radius 1 is 1.20 bits per heavy atom. The molecular formula is C17H13BrF2N4O. The van der Waals surface area contributed by atoms with Gasteiger partial charge >= 0.3 is 5.69 Å². The second kappa shape index (κ2) is 6.18. The third kappa shape index (κ3) is 2.70. The van der Waals surface area contributed by atoms with Gasteiger partial charge in [-0.2, -0.15) is 4.98 Å². The predicted octanol–water partition coefficient (Wildman–Crippen LogP) is 3.83. The van der Waals surface area contributed by atoms with Crippen molar-refractivity contribution >= 4 is 38.3 Å². The van der Waals surface area contributed by atoms with E-state index in [4.69, 9.17) is 0 Å². The van der Waals surface area contributed by atoms with Crippen LogP contribution in [0.25, 0.3) is 10.9 Å². The van der Waals surface area contributed by atoms with E-state index in [1.807, 2.05) is 0 Å². The molecule has 0 aliphatic carbocycles. The lowest BCUT2D eigenvalue weighted by Gasteiger charge is -2.25. The zero-order valence-electron chi connectivity index (χ0n) is 13.0. The van der Waals surface area contributed by atoms with Gasteiger partial charge in [0.05, 0.1) is 22.8 Å². The number of hydrogen-bond acceptors (Lipinski definition) is 4. The van der Waals surface area contributed by atoms with Crippen molar-refractivity contribution < 1.29 is 8.78 Å². The molecule has 0 saturated heterocycles. The van der Waals surface area contributed by atoms with E-state index < -0.39 is 17.3 Å². The molecule has 4 rings (SSSR count). The number of benzene rings is 1. The number of anilines is 2. The van der Waals surface area contributed by atoms with Crippen LogP contribution in [0.5, 0.6) is 0 Å². The fourth-order valence-electron chi connectivity index (χ4n) is 3.21. The highest BCUT2D eigenvalue weighted by atomic mass is 79.9. The summed E-state index contributed by atoms with van der Waals surface area (Å²) in [6.45, 7) is 0.534. The van der Waals surface area contributed by atoms with Crippen molar-refractivity contribution in [3.05, 3.63) is 56.7 Å². The van der Waals surface area contributed by atoms with E-state index >= 15 is 0 Å². The topological polar surface area (TPSA) is 61.9 Å². The molecule has 0 spiro atoms. The quantitative estimate of drug-likeness (QED) is 0.666. The number of aromatic amines is 1. The smallest absolute Gasteiger partial charge is 0.324 e. The molecular weight excluding hydrogens is 394 g/mol. The minimum absolute atomic E-state index is 0.0348. The summed E-state index contributed by atoms with van der Waals surface area (Å²) in [4.78, 5) is 24.3. The molecule has 1 N–H and O–H groups in total. The van der Waals surface area contributed by atoms with Crippen LogP contribution in [0.2, 0.25) is 0 Å². The summed E-state index contributed by atoms with van der Waals surface area (Å²) < 4.78 is 29.2. The standard InChI is InChI=1S/C17H13BrF2N4O/c18-10-7-21-8-13-9(10)3-1-2-6-24(13)16-14-12(22-17(25)23-16)5-4-11(19)15(14)20/h4-5,7-8H,1-3,6H2,(H,22,23,25). The van der Waals surface area contributed by atoms with Gasteiger partial charge in [0.2, 0.25) is 0 Å². The molecule has 25 heavy (non-hydrogen) atoms. The highest BCUT2D eigenvalue weighted by Crippen LogP contribution is 2.37. The monoisotopic (exact) mass is 406 g/mol. The molecule has 3 aromatic rings. The molecule has 128 valence electrons. The SMILES string of the molecule is O=c1nc(N2CCCCc3c(Br)cncc32)c2c(F)c(F)ccc2[nH]1. The number of rotatable bonds is 1. The number of pyridine rings is 1. The van der Waals surface area contributed by atoms with Gasteiger partial charge in [-0.05, 0) is 52.9 Å². The van der Waals surface area contributed by atoms with E-state index in [-0.39, 0.29) is 16.7 Å². The number of nitrogens with one attached hydrogen (secondary N) is 1. The van der Waals surface area contributed by atoms with Gasteiger partial charge in [-0.25, -0.2) is 13.6 Å². The Morgan fingerprint density at radius 3 is 2.88 bits per heavy atom. The fourth-order valence-corrected chi connectivity index (χ4v) is 3.73. The first-order valence-corrected chi connectivity index (χ1v) is 8.63. The fraction of sp³-hybridized carbons (Fsp3) is 0.235. The Labute approximate surface area is 149 Å². The average Bonchev–Trinajstić information content (AvgIpc) is 2.81. The molecule has 1 aromatic carbocycles. The van der Waals surface area contributed by atoms with Crippen molar-refractivity contribution in [3.63, 3.8) is 0 Å². The largest absolute Gasteiger partial charge is 0.347 e. The molecule has 0 fully saturated rings. The molecule has 0 radical (unpaired) electrons. The van der Waals surface area contributed by atoms with E-state index in [0.29, 0.717) is 6.54 Å². The van der Waals surface area contributed by atoms with Crippen LogP contribution in [0.4, 0.5) is 20.3 Å². The van der Waals surface area contributed by atoms with Crippen LogP contribution >= 0.6 is 15.9 Å². The van der Waals surface area contributed by atoms with Crippen molar-refractivity contribution in [3.8, 4) is 0 Å². The van der Waals surface area contributed by atoms with Crippen molar-refractivity contribution in [2.24, 2.45) is 0 Å². The summed E-state index contributed by atoms with van der Waals surface area (Å²) in [5.41, 5.74) is 1.36. The lowest BCUT2D eigenvalue weighted by atomic mass is 10.1. The lowest BCUT2D eigenvalue weighted by molar-refractivity contribution is 0.516. The third-order valence-corrected chi connectivity index (χ3v) is 5.04. The molecule has 1 aliphatic heterocycles. The first-order valence-electron chi connectivity index (χ1n) is 7.84. The summed E-state index contributed by atoms with van der Waals surface area (Å²) in [6, 6.07) is 2.34. The molecule has 8 heteroatoms. The molecule has 3 heterocycles. The van der Waals surface area contributed by atoms with Gasteiger partial charge in [0.15, 0.2) is 17.5 Å². The zero-order chi connectivity index (χ0) is 17.6. The van der Waals surface area contributed by atoms with Crippen LogP contribution in [-0.4, -0.2) is 21.5 Å². The maximum Gasteiger partial charge on any atom is 0.347 e. The van der Waals surface area contributed by atoms with Crippen LogP contribution in [0, 0.1) is 11.6 Å². The van der Waals surface area contributed by atoms with Gasteiger partial charge in [-0.15, -0.1) is 0 Å². The normalized spacial score (nSPS) is 14.4. The van der Waals surface area contributed by atoms with Gasteiger partial charge in [-0.3, -0.25) is 4.98 Å². The summed E-state index contributed by atoms with van der Waals surface area (Å²) in [6.07, 6.45) is 5.95. The third-order valence-electron chi connectivity index (χ3n) is 4.35. The molecule has 0 atom stereocenters. The van der Waals surface area contributed by atoms with Crippen LogP contribution in [-0.2, 0) is 6.42 Å². The van der Waals surface area contributed by atoms with Gasteiger partial charge in [0, 0.05) is 17.2 Å². The molecule has 0 bridgehead atoms. The zero-order valence-corrected chi connectivity index (χ0v) is 14.6. The van der Waals surface area contributed by atoms with Crippen LogP contribution in [0.3, 0.4) is 0 Å². The summed E-state index contributed by atoms with van der Waals surface area (Å²) in [5, 5.41) is -0.0348. The van der Waals surface area contributed by atoms with E-state index in [0.717, 1.165) is 41.1 Å². The van der Waals surface area contributed by atoms with Crippen LogP contribution in [0.15, 0.2) is 33.8 Å². The average molecular weight is 407 g/mol. The summed E-state index contributed by atoms with van der Waals surface area (Å²) in [5.74, 6) is -1.89. The maximum atomic E-state index is 14.5. The van der Waals surface area contributed by atoms with Gasteiger partial charge in [0.1, 0.15) is 0 Å². The van der Waals surface area contributed by atoms with Crippen LogP contribution in [0.1, 0.15) is 18.4 Å². The minimum Gasteiger partial charge on any atom is -0.324 e. The van der Waals surface area contributed by atoms with Crippen molar-refractivity contribution in [1.82, 2.24) is 15.0 Å². The van der Waals surface area contributed by atoms with Gasteiger partial charge in [-0.1, -0.05) is 0 Å². The van der Waals surface area contributed by atoms with Crippen LogP contribution < -0.4 is 10.6 Å². The van der Waals surface area contributed by atoms with Crippen molar-refractivity contribution in [2.45, 2.75) is 19.3 Å². The second-order valence-electron chi connectivity index (χ2n) is 5.88. The van der Waals surface area contributed by atoms with E-state index in [1.165, 1.54) is 6.07 Å². The second-order valence-corrected chi connectivity index (χ2v) is 6.73. The number of fused-ring (bicyclic) bond motifs is 2. The highest BCUT2D eigenvalue weighted by molar-refractivity contribution is 9.10. The van der Waals surface area contributed by atoms with Crippen molar-refractivity contribution in [1.29, 1.82) is 0 Å². The molecule has 1 aliphatic rings. The van der Waals surface area contributed by atoms with Gasteiger partial charge in [0.25, 0.3) is 0 Å². The Hall–Kier alpha value is -2.35. The molecule has 0 unspecified atom stereocenters. The molecule has 2 aromatic heterocycles. The first kappa shape index (κ1) is 16.1. The molecule has 5 nitrogen and oxygen atoms in total. The Morgan fingerprint density at radius 2 is 2.04 bits per heavy atom. The van der Waals surface area contributed by atoms with E-state index in [9.17, 15) is 13.6 Å². The lowest BCUT2D eigenvalue weighted by Crippen LogP contribution is -2.24. The maximum absolute atomic E-state index is 14.5. The first-order chi connectivity index (χ1) is 12.1. The van der Waals surface area contributed by atoms with E-state index in [2.05, 4.69) is 30.9 Å². The highest BCUT2D eigenvalue weighted by Gasteiger charge is 2.24. The number of nitrogens with zero attached hydrogens (tertiary/aromatic N) is 3. The van der Waals surface area contributed by atoms with Crippen molar-refractivity contribution in [2.75, 3.05) is 11.4 Å². The molecule has 0 saturated carbocycles. The minimum atomic E-state index is -1.02. The Kier molecular flexibility index (Phi) is 3.99. The number of H-pyrrole nitrogens is 1. The Bertz CT molecular complexity index is 1040. The Balaban J connectivity index is 2.04. The number of hydrogen-bond donors (Lipinski definition) is 1. The summed E-state index contributed by atoms with van der Waals surface area (Å²) >= 11 is 3.50.